The smallest absolute Gasteiger partial charge is 0.435 e. The summed E-state index contributed by atoms with van der Waals surface area (Å²) in [5.41, 5.74) is 0.349. The molecule has 9 heteroatoms. The van der Waals surface area contributed by atoms with Crippen molar-refractivity contribution in [3.8, 4) is 11.5 Å². The van der Waals surface area contributed by atoms with Crippen LogP contribution in [0.1, 0.15) is 5.56 Å². The van der Waals surface area contributed by atoms with Crippen LogP contribution < -0.4 is 14.8 Å². The van der Waals surface area contributed by atoms with E-state index in [0.29, 0.717) is 5.56 Å². The SMILES string of the molecule is O=C(C=Cc1ccc(OC(F)F)cc1)Nc1ccccc1OC(F)(F)F. The summed E-state index contributed by atoms with van der Waals surface area (Å²) in [6.45, 7) is -2.94. The Bertz CT molecular complexity index is 773. The quantitative estimate of drug-likeness (QED) is 0.582. The van der Waals surface area contributed by atoms with Crippen molar-refractivity contribution in [2.75, 3.05) is 5.32 Å². The molecule has 2 aromatic carbocycles. The van der Waals surface area contributed by atoms with Gasteiger partial charge in [-0.25, -0.2) is 0 Å². The van der Waals surface area contributed by atoms with Gasteiger partial charge in [-0.3, -0.25) is 4.79 Å². The molecule has 0 saturated carbocycles. The summed E-state index contributed by atoms with van der Waals surface area (Å²) in [7, 11) is 0. The summed E-state index contributed by atoms with van der Waals surface area (Å²) in [5.74, 6) is -1.29. The molecule has 0 aliphatic rings. The van der Waals surface area contributed by atoms with Gasteiger partial charge in [-0.15, -0.1) is 13.2 Å². The Hall–Kier alpha value is -3.10. The van der Waals surface area contributed by atoms with Gasteiger partial charge in [0, 0.05) is 6.08 Å². The predicted molar refractivity (Wildman–Crippen MR) is 83.9 cm³/mol. The highest BCUT2D eigenvalue weighted by molar-refractivity contribution is 6.02. The fourth-order valence-electron chi connectivity index (χ4n) is 1.89. The minimum absolute atomic E-state index is 0.0418. The number of rotatable bonds is 6. The van der Waals surface area contributed by atoms with E-state index in [0.717, 1.165) is 12.1 Å². The molecule has 0 atom stereocenters. The Labute approximate surface area is 144 Å². The molecule has 2 rings (SSSR count). The molecule has 1 amide bonds. The fraction of sp³-hybridized carbons (Fsp3) is 0.118. The number of anilines is 1. The molecular weight excluding hydrogens is 361 g/mol. The zero-order chi connectivity index (χ0) is 19.2. The summed E-state index contributed by atoms with van der Waals surface area (Å²) >= 11 is 0. The first-order valence-electron chi connectivity index (χ1n) is 7.11. The van der Waals surface area contributed by atoms with Gasteiger partial charge >= 0.3 is 13.0 Å². The molecule has 0 aliphatic carbocycles. The standard InChI is InChI=1S/C17H12F5NO3/c18-16(19)25-12-8-5-11(6-9-12)7-10-15(24)23-13-3-1-2-4-14(13)26-17(20,21)22/h1-10,16H,(H,23,24). The largest absolute Gasteiger partial charge is 0.573 e. The normalized spacial score (nSPS) is 11.6. The number of hydrogen-bond donors (Lipinski definition) is 1. The van der Waals surface area contributed by atoms with E-state index in [1.165, 1.54) is 48.5 Å². The zero-order valence-corrected chi connectivity index (χ0v) is 13.0. The van der Waals surface area contributed by atoms with Crippen molar-refractivity contribution in [1.29, 1.82) is 0 Å². The van der Waals surface area contributed by atoms with Crippen molar-refractivity contribution in [2.45, 2.75) is 13.0 Å². The Morgan fingerprint density at radius 1 is 1.04 bits per heavy atom. The Balaban J connectivity index is 2.01. The molecule has 0 bridgehead atoms. The molecule has 0 saturated heterocycles. The van der Waals surface area contributed by atoms with E-state index in [-0.39, 0.29) is 11.4 Å². The van der Waals surface area contributed by atoms with Gasteiger partial charge in [-0.1, -0.05) is 24.3 Å². The van der Waals surface area contributed by atoms with Crippen molar-refractivity contribution in [3.05, 3.63) is 60.2 Å². The first-order chi connectivity index (χ1) is 12.2. The van der Waals surface area contributed by atoms with Gasteiger partial charge in [0.25, 0.3) is 0 Å². The minimum Gasteiger partial charge on any atom is -0.435 e. The third-order valence-electron chi connectivity index (χ3n) is 2.90. The number of ether oxygens (including phenoxy) is 2. The first-order valence-corrected chi connectivity index (χ1v) is 7.11. The van der Waals surface area contributed by atoms with Crippen LogP contribution >= 0.6 is 0 Å². The van der Waals surface area contributed by atoms with Gasteiger partial charge in [0.1, 0.15) is 5.75 Å². The van der Waals surface area contributed by atoms with E-state index >= 15 is 0 Å². The third kappa shape index (κ3) is 6.42. The summed E-state index contributed by atoms with van der Waals surface area (Å²) in [6.07, 6.45) is -2.46. The van der Waals surface area contributed by atoms with E-state index in [1.807, 2.05) is 0 Å². The maximum Gasteiger partial charge on any atom is 0.573 e. The minimum atomic E-state index is -4.89. The van der Waals surface area contributed by atoms with Crippen molar-refractivity contribution >= 4 is 17.7 Å². The molecule has 0 fully saturated rings. The van der Waals surface area contributed by atoms with Gasteiger partial charge in [-0.05, 0) is 35.9 Å². The number of hydrogen-bond acceptors (Lipinski definition) is 3. The summed E-state index contributed by atoms with van der Waals surface area (Å²) < 4.78 is 69.1. The molecule has 0 aromatic heterocycles. The molecule has 0 unspecified atom stereocenters. The maximum atomic E-state index is 12.3. The molecule has 2 aromatic rings. The van der Waals surface area contributed by atoms with Gasteiger partial charge in [0.15, 0.2) is 5.75 Å². The summed E-state index contributed by atoms with van der Waals surface area (Å²) in [6, 6.07) is 10.5. The Morgan fingerprint density at radius 3 is 2.31 bits per heavy atom. The van der Waals surface area contributed by atoms with Crippen LogP contribution in [0.25, 0.3) is 6.08 Å². The molecule has 0 radical (unpaired) electrons. The molecule has 138 valence electrons. The van der Waals surface area contributed by atoms with Crippen LogP contribution in [0.3, 0.4) is 0 Å². The summed E-state index contributed by atoms with van der Waals surface area (Å²) in [4.78, 5) is 11.9. The second-order valence-electron chi connectivity index (χ2n) is 4.81. The van der Waals surface area contributed by atoms with E-state index in [9.17, 15) is 26.7 Å². The average molecular weight is 373 g/mol. The first kappa shape index (κ1) is 19.2. The van der Waals surface area contributed by atoms with E-state index in [1.54, 1.807) is 0 Å². The number of nitrogens with one attached hydrogen (secondary N) is 1. The molecule has 0 heterocycles. The number of alkyl halides is 5. The van der Waals surface area contributed by atoms with Crippen LogP contribution in [0, 0.1) is 0 Å². The molecule has 26 heavy (non-hydrogen) atoms. The Kier molecular flexibility index (Phi) is 6.16. The second kappa shape index (κ2) is 8.32. The lowest BCUT2D eigenvalue weighted by Crippen LogP contribution is -2.19. The topological polar surface area (TPSA) is 47.6 Å². The molecular formula is C17H12F5NO3. The van der Waals surface area contributed by atoms with Gasteiger partial charge in [-0.2, -0.15) is 8.78 Å². The van der Waals surface area contributed by atoms with E-state index in [2.05, 4.69) is 14.8 Å². The van der Waals surface area contributed by atoms with Crippen LogP contribution in [-0.2, 0) is 4.79 Å². The maximum absolute atomic E-state index is 12.3. The molecule has 0 aliphatic heterocycles. The van der Waals surface area contributed by atoms with E-state index in [4.69, 9.17) is 0 Å². The summed E-state index contributed by atoms with van der Waals surface area (Å²) in [5, 5.41) is 2.27. The number of amides is 1. The van der Waals surface area contributed by atoms with Crippen LogP contribution in [0.15, 0.2) is 54.6 Å². The third-order valence-corrected chi connectivity index (χ3v) is 2.90. The number of halogens is 5. The van der Waals surface area contributed by atoms with Gasteiger partial charge in [0.05, 0.1) is 5.69 Å². The lowest BCUT2D eigenvalue weighted by Gasteiger charge is -2.13. The average Bonchev–Trinajstić information content (AvgIpc) is 2.54. The van der Waals surface area contributed by atoms with Gasteiger partial charge in [0.2, 0.25) is 5.91 Å². The van der Waals surface area contributed by atoms with E-state index < -0.39 is 24.6 Å². The lowest BCUT2D eigenvalue weighted by atomic mass is 10.2. The number of benzene rings is 2. The van der Waals surface area contributed by atoms with Crippen molar-refractivity contribution in [3.63, 3.8) is 0 Å². The van der Waals surface area contributed by atoms with Crippen molar-refractivity contribution < 1.29 is 36.2 Å². The molecule has 1 N–H and O–H groups in total. The lowest BCUT2D eigenvalue weighted by molar-refractivity contribution is -0.274. The van der Waals surface area contributed by atoms with Crippen LogP contribution in [0.2, 0.25) is 0 Å². The number of para-hydroxylation sites is 2. The highest BCUT2D eigenvalue weighted by atomic mass is 19.4. The second-order valence-corrected chi connectivity index (χ2v) is 4.81. The molecule has 4 nitrogen and oxygen atoms in total. The highest BCUT2D eigenvalue weighted by Crippen LogP contribution is 2.29. The van der Waals surface area contributed by atoms with Crippen molar-refractivity contribution in [2.24, 2.45) is 0 Å². The zero-order valence-electron chi connectivity index (χ0n) is 13.0. The van der Waals surface area contributed by atoms with Gasteiger partial charge < -0.3 is 14.8 Å². The monoisotopic (exact) mass is 373 g/mol. The fourth-order valence-corrected chi connectivity index (χ4v) is 1.89. The number of carbonyl (C=O) groups is 1. The highest BCUT2D eigenvalue weighted by Gasteiger charge is 2.32. The predicted octanol–water partition coefficient (Wildman–Crippen LogP) is 4.84. The Morgan fingerprint density at radius 2 is 1.69 bits per heavy atom. The van der Waals surface area contributed by atoms with Crippen LogP contribution in [0.4, 0.5) is 27.6 Å². The van der Waals surface area contributed by atoms with Crippen LogP contribution in [-0.4, -0.2) is 18.9 Å². The number of carbonyl (C=O) groups excluding carboxylic acids is 1. The van der Waals surface area contributed by atoms with Crippen LogP contribution in [0.5, 0.6) is 11.5 Å². The van der Waals surface area contributed by atoms with Crippen molar-refractivity contribution in [1.82, 2.24) is 0 Å². The molecule has 0 spiro atoms.